The molecule has 0 amide bonds. The summed E-state index contributed by atoms with van der Waals surface area (Å²) in [7, 11) is 0. The molecule has 2 aromatic heterocycles. The van der Waals surface area contributed by atoms with E-state index in [1.807, 2.05) is 30.5 Å². The molecule has 0 radical (unpaired) electrons. The Morgan fingerprint density at radius 3 is 2.79 bits per heavy atom. The molecule has 4 nitrogen and oxygen atoms in total. The predicted octanol–water partition coefficient (Wildman–Crippen LogP) is 3.46. The van der Waals surface area contributed by atoms with Gasteiger partial charge in [0.2, 0.25) is 0 Å². The van der Waals surface area contributed by atoms with E-state index < -0.39 is 5.97 Å². The lowest BCUT2D eigenvalue weighted by Gasteiger charge is -1.96. The van der Waals surface area contributed by atoms with E-state index >= 15 is 0 Å². The molecular formula is C14H9BrN2O2. The molecule has 0 aliphatic carbocycles. The van der Waals surface area contributed by atoms with Crippen molar-refractivity contribution in [3.8, 4) is 11.3 Å². The number of carbonyl (C=O) groups is 1. The smallest absolute Gasteiger partial charge is 0.337 e. The van der Waals surface area contributed by atoms with Crippen LogP contribution in [0.4, 0.5) is 0 Å². The van der Waals surface area contributed by atoms with Crippen LogP contribution in [0.5, 0.6) is 0 Å². The van der Waals surface area contributed by atoms with Gasteiger partial charge in [0.1, 0.15) is 5.65 Å². The van der Waals surface area contributed by atoms with Crippen molar-refractivity contribution in [3.63, 3.8) is 0 Å². The molecule has 94 valence electrons. The minimum Gasteiger partial charge on any atom is -0.478 e. The maximum Gasteiger partial charge on any atom is 0.337 e. The number of aromatic nitrogens is 2. The Labute approximate surface area is 117 Å². The second-order valence-electron chi connectivity index (χ2n) is 4.12. The number of halogens is 1. The van der Waals surface area contributed by atoms with Crippen LogP contribution in [0, 0.1) is 0 Å². The lowest BCUT2D eigenvalue weighted by molar-refractivity contribution is 0.0696. The topological polar surface area (TPSA) is 54.6 Å². The van der Waals surface area contributed by atoms with Crippen LogP contribution >= 0.6 is 15.9 Å². The fraction of sp³-hybridized carbons (Fsp3) is 0. The van der Waals surface area contributed by atoms with E-state index in [0.29, 0.717) is 0 Å². The van der Waals surface area contributed by atoms with Crippen LogP contribution in [0.15, 0.2) is 53.3 Å². The van der Waals surface area contributed by atoms with E-state index in [1.165, 1.54) is 0 Å². The molecule has 0 aliphatic heterocycles. The number of pyridine rings is 1. The number of aromatic carboxylic acids is 1. The molecule has 19 heavy (non-hydrogen) atoms. The first kappa shape index (κ1) is 11.9. The average molecular weight is 317 g/mol. The number of fused-ring (bicyclic) bond motifs is 1. The zero-order valence-corrected chi connectivity index (χ0v) is 11.3. The summed E-state index contributed by atoms with van der Waals surface area (Å²) in [6, 6.07) is 11.1. The van der Waals surface area contributed by atoms with Gasteiger partial charge in [-0.15, -0.1) is 0 Å². The maximum absolute atomic E-state index is 10.9. The first-order valence-electron chi connectivity index (χ1n) is 5.61. The van der Waals surface area contributed by atoms with E-state index in [1.54, 1.807) is 22.7 Å². The molecule has 0 atom stereocenters. The van der Waals surface area contributed by atoms with E-state index in [-0.39, 0.29) is 5.56 Å². The van der Waals surface area contributed by atoms with Gasteiger partial charge in [-0.2, -0.15) is 0 Å². The van der Waals surface area contributed by atoms with Crippen molar-refractivity contribution in [2.75, 3.05) is 0 Å². The summed E-state index contributed by atoms with van der Waals surface area (Å²) < 4.78 is 2.70. The van der Waals surface area contributed by atoms with Crippen molar-refractivity contribution in [3.05, 3.63) is 58.8 Å². The Hall–Kier alpha value is -2.14. The fourth-order valence-electron chi connectivity index (χ4n) is 1.91. The Bertz CT molecular complexity index is 780. The van der Waals surface area contributed by atoms with Crippen LogP contribution in [-0.2, 0) is 0 Å². The van der Waals surface area contributed by atoms with Gasteiger partial charge < -0.3 is 9.51 Å². The van der Waals surface area contributed by atoms with E-state index in [0.717, 1.165) is 21.4 Å². The standard InChI is InChI=1S/C14H9BrN2O2/c15-11-3-1-2-9(6-11)12-8-17-7-10(14(18)19)4-5-13(17)16-12/h1-8H,(H,18,19). The second kappa shape index (κ2) is 4.51. The van der Waals surface area contributed by atoms with Crippen molar-refractivity contribution in [2.45, 2.75) is 0 Å². The summed E-state index contributed by atoms with van der Waals surface area (Å²) in [5, 5.41) is 8.96. The molecular weight excluding hydrogens is 308 g/mol. The summed E-state index contributed by atoms with van der Waals surface area (Å²) in [5.41, 5.74) is 2.75. The van der Waals surface area contributed by atoms with Crippen LogP contribution in [0.25, 0.3) is 16.9 Å². The Kier molecular flexibility index (Phi) is 2.83. The number of rotatable bonds is 2. The van der Waals surface area contributed by atoms with Gasteiger partial charge in [-0.1, -0.05) is 28.1 Å². The lowest BCUT2D eigenvalue weighted by Crippen LogP contribution is -1.97. The lowest BCUT2D eigenvalue weighted by atomic mass is 10.2. The number of carboxylic acids is 1. The van der Waals surface area contributed by atoms with Crippen LogP contribution in [0.1, 0.15) is 10.4 Å². The van der Waals surface area contributed by atoms with Gasteiger partial charge in [0.15, 0.2) is 0 Å². The molecule has 0 spiro atoms. The van der Waals surface area contributed by atoms with Crippen molar-refractivity contribution >= 4 is 27.5 Å². The first-order valence-corrected chi connectivity index (χ1v) is 6.41. The SMILES string of the molecule is O=C(O)c1ccc2nc(-c3cccc(Br)c3)cn2c1. The second-order valence-corrected chi connectivity index (χ2v) is 5.04. The predicted molar refractivity (Wildman–Crippen MR) is 75.3 cm³/mol. The molecule has 0 unspecified atom stereocenters. The van der Waals surface area contributed by atoms with Crippen LogP contribution in [-0.4, -0.2) is 20.5 Å². The zero-order chi connectivity index (χ0) is 13.4. The highest BCUT2D eigenvalue weighted by atomic mass is 79.9. The number of imidazole rings is 1. The van der Waals surface area contributed by atoms with Gasteiger partial charge in [-0.25, -0.2) is 9.78 Å². The normalized spacial score (nSPS) is 10.8. The van der Waals surface area contributed by atoms with Crippen LogP contribution in [0.3, 0.4) is 0 Å². The number of hydrogen-bond acceptors (Lipinski definition) is 2. The summed E-state index contributed by atoms with van der Waals surface area (Å²) in [6.07, 6.45) is 3.38. The number of nitrogens with zero attached hydrogens (tertiary/aromatic N) is 2. The molecule has 3 rings (SSSR count). The minimum absolute atomic E-state index is 0.241. The van der Waals surface area contributed by atoms with Gasteiger partial charge >= 0.3 is 5.97 Å². The number of hydrogen-bond donors (Lipinski definition) is 1. The minimum atomic E-state index is -0.945. The third-order valence-electron chi connectivity index (χ3n) is 2.82. The van der Waals surface area contributed by atoms with Crippen molar-refractivity contribution in [1.82, 2.24) is 9.38 Å². The summed E-state index contributed by atoms with van der Waals surface area (Å²) in [4.78, 5) is 15.4. The third-order valence-corrected chi connectivity index (χ3v) is 3.31. The van der Waals surface area contributed by atoms with Crippen molar-refractivity contribution in [1.29, 1.82) is 0 Å². The molecule has 3 aromatic rings. The molecule has 5 heteroatoms. The first-order chi connectivity index (χ1) is 9.13. The Morgan fingerprint density at radius 2 is 2.05 bits per heavy atom. The molecule has 1 N–H and O–H groups in total. The van der Waals surface area contributed by atoms with Gasteiger partial charge in [-0.05, 0) is 24.3 Å². The van der Waals surface area contributed by atoms with Crippen molar-refractivity contribution < 1.29 is 9.90 Å². The highest BCUT2D eigenvalue weighted by Gasteiger charge is 2.07. The zero-order valence-electron chi connectivity index (χ0n) is 9.75. The van der Waals surface area contributed by atoms with E-state index in [2.05, 4.69) is 20.9 Å². The molecule has 1 aromatic carbocycles. The highest BCUT2D eigenvalue weighted by Crippen LogP contribution is 2.22. The van der Waals surface area contributed by atoms with Crippen LogP contribution in [0.2, 0.25) is 0 Å². The largest absolute Gasteiger partial charge is 0.478 e. The van der Waals surface area contributed by atoms with E-state index in [9.17, 15) is 4.79 Å². The van der Waals surface area contributed by atoms with Crippen molar-refractivity contribution in [2.24, 2.45) is 0 Å². The molecule has 0 bridgehead atoms. The van der Waals surface area contributed by atoms with Gasteiger partial charge in [0.25, 0.3) is 0 Å². The molecule has 0 fully saturated rings. The number of carboxylic acid groups (broad SMARTS) is 1. The van der Waals surface area contributed by atoms with E-state index in [4.69, 9.17) is 5.11 Å². The summed E-state index contributed by atoms with van der Waals surface area (Å²) in [5.74, 6) is -0.945. The highest BCUT2D eigenvalue weighted by molar-refractivity contribution is 9.10. The maximum atomic E-state index is 10.9. The monoisotopic (exact) mass is 316 g/mol. The quantitative estimate of drug-likeness (QED) is 0.787. The van der Waals surface area contributed by atoms with Gasteiger partial charge in [0, 0.05) is 22.4 Å². The fourth-order valence-corrected chi connectivity index (χ4v) is 2.30. The van der Waals surface area contributed by atoms with Gasteiger partial charge in [0.05, 0.1) is 11.3 Å². The Balaban J connectivity index is 2.14. The summed E-state index contributed by atoms with van der Waals surface area (Å²) >= 11 is 3.42. The molecule has 0 saturated carbocycles. The molecule has 0 aliphatic rings. The molecule has 2 heterocycles. The van der Waals surface area contributed by atoms with Crippen LogP contribution < -0.4 is 0 Å². The summed E-state index contributed by atoms with van der Waals surface area (Å²) in [6.45, 7) is 0. The number of benzene rings is 1. The average Bonchev–Trinajstić information content (AvgIpc) is 2.81. The Morgan fingerprint density at radius 1 is 1.21 bits per heavy atom. The molecule has 0 saturated heterocycles. The van der Waals surface area contributed by atoms with Gasteiger partial charge in [-0.3, -0.25) is 0 Å². The third kappa shape index (κ3) is 2.24.